The lowest BCUT2D eigenvalue weighted by Crippen LogP contribution is -2.41. The van der Waals surface area contributed by atoms with Gasteiger partial charge in [-0.15, -0.1) is 13.2 Å². The van der Waals surface area contributed by atoms with E-state index in [0.717, 1.165) is 26.3 Å². The van der Waals surface area contributed by atoms with E-state index in [0.29, 0.717) is 0 Å². The summed E-state index contributed by atoms with van der Waals surface area (Å²) in [6, 6.07) is 1.35. The van der Waals surface area contributed by atoms with E-state index in [4.69, 9.17) is 4.74 Å². The zero-order chi connectivity index (χ0) is 8.10. The Bertz CT molecular complexity index is 130. The Kier molecular flexibility index (Phi) is 3.33. The predicted octanol–water partition coefficient (Wildman–Crippen LogP) is 1.22. The molecule has 11 heavy (non-hydrogen) atoms. The Balaban J connectivity index is 2.29. The van der Waals surface area contributed by atoms with Gasteiger partial charge in [0, 0.05) is 13.1 Å². The molecule has 0 N–H and O–H groups in total. The van der Waals surface area contributed by atoms with E-state index < -0.39 is 0 Å². The summed E-state index contributed by atoms with van der Waals surface area (Å²) in [5, 5.41) is 0. The third-order valence-electron chi connectivity index (χ3n) is 1.68. The highest BCUT2D eigenvalue weighted by Crippen LogP contribution is 2.17. The Morgan fingerprint density at radius 1 is 1.27 bits per heavy atom. The molecule has 0 aromatic heterocycles. The maximum atomic E-state index is 5.06. The molecular weight excluding hydrogens is 138 g/mol. The molecule has 0 atom stereocenters. The SMILES string of the molecule is C=CCN(CC=C)[C]1COC1. The van der Waals surface area contributed by atoms with E-state index in [-0.39, 0.29) is 0 Å². The minimum atomic E-state index is 0.779. The van der Waals surface area contributed by atoms with Crippen LogP contribution in [-0.2, 0) is 4.74 Å². The Labute approximate surface area is 68.1 Å². The van der Waals surface area contributed by atoms with Gasteiger partial charge in [-0.3, -0.25) is 4.90 Å². The fourth-order valence-corrected chi connectivity index (χ4v) is 1.02. The number of rotatable bonds is 5. The van der Waals surface area contributed by atoms with Gasteiger partial charge in [-0.25, -0.2) is 0 Å². The van der Waals surface area contributed by atoms with Crippen LogP contribution in [0.4, 0.5) is 0 Å². The Hall–Kier alpha value is -0.600. The van der Waals surface area contributed by atoms with Crippen LogP contribution in [-0.4, -0.2) is 31.2 Å². The van der Waals surface area contributed by atoms with Crippen LogP contribution in [0.1, 0.15) is 0 Å². The lowest BCUT2D eigenvalue weighted by molar-refractivity contribution is 0.00855. The molecule has 1 fully saturated rings. The van der Waals surface area contributed by atoms with Crippen molar-refractivity contribution in [3.63, 3.8) is 0 Å². The zero-order valence-electron chi connectivity index (χ0n) is 6.75. The van der Waals surface area contributed by atoms with Crippen LogP contribution in [0.3, 0.4) is 0 Å². The number of nitrogens with zero attached hydrogens (tertiary/aromatic N) is 1. The zero-order valence-corrected chi connectivity index (χ0v) is 6.75. The lowest BCUT2D eigenvalue weighted by atomic mass is 10.2. The summed E-state index contributed by atoms with van der Waals surface area (Å²) in [7, 11) is 0. The van der Waals surface area contributed by atoms with Gasteiger partial charge >= 0.3 is 0 Å². The summed E-state index contributed by atoms with van der Waals surface area (Å²) in [5.74, 6) is 0. The highest BCUT2D eigenvalue weighted by Gasteiger charge is 2.24. The van der Waals surface area contributed by atoms with Crippen molar-refractivity contribution in [3.8, 4) is 0 Å². The largest absolute Gasteiger partial charge is 0.377 e. The molecule has 1 aliphatic heterocycles. The van der Waals surface area contributed by atoms with Gasteiger partial charge < -0.3 is 4.74 Å². The van der Waals surface area contributed by atoms with E-state index in [1.165, 1.54) is 6.04 Å². The first-order chi connectivity index (χ1) is 5.38. The molecule has 1 aliphatic rings. The highest BCUT2D eigenvalue weighted by molar-refractivity contribution is 5.00. The van der Waals surface area contributed by atoms with Gasteiger partial charge in [0.25, 0.3) is 0 Å². The Morgan fingerprint density at radius 3 is 2.09 bits per heavy atom. The molecule has 2 heteroatoms. The van der Waals surface area contributed by atoms with Gasteiger partial charge in [-0.1, -0.05) is 12.2 Å². The van der Waals surface area contributed by atoms with Crippen molar-refractivity contribution in [2.24, 2.45) is 0 Å². The molecule has 1 rings (SSSR count). The molecule has 0 saturated carbocycles. The second-order valence-corrected chi connectivity index (χ2v) is 2.54. The average molecular weight is 152 g/mol. The molecule has 0 aromatic carbocycles. The van der Waals surface area contributed by atoms with E-state index in [1.54, 1.807) is 0 Å². The molecule has 1 heterocycles. The van der Waals surface area contributed by atoms with Crippen molar-refractivity contribution in [1.29, 1.82) is 0 Å². The number of hydrogen-bond donors (Lipinski definition) is 0. The minimum Gasteiger partial charge on any atom is -0.377 e. The number of hydrogen-bond acceptors (Lipinski definition) is 2. The lowest BCUT2D eigenvalue weighted by Gasteiger charge is -2.34. The molecular formula is C9H14NO. The third-order valence-corrected chi connectivity index (χ3v) is 1.68. The molecule has 0 unspecified atom stereocenters. The predicted molar refractivity (Wildman–Crippen MR) is 46.0 cm³/mol. The van der Waals surface area contributed by atoms with Crippen molar-refractivity contribution in [3.05, 3.63) is 31.4 Å². The molecule has 0 aromatic rings. The van der Waals surface area contributed by atoms with Crippen molar-refractivity contribution in [1.82, 2.24) is 4.90 Å². The van der Waals surface area contributed by atoms with Gasteiger partial charge in [0.05, 0.1) is 19.3 Å². The van der Waals surface area contributed by atoms with Gasteiger partial charge in [-0.2, -0.15) is 0 Å². The maximum absolute atomic E-state index is 5.06. The quantitative estimate of drug-likeness (QED) is 0.549. The monoisotopic (exact) mass is 152 g/mol. The standard InChI is InChI=1S/C9H14NO/c1-3-5-10(6-4-2)9-7-11-8-9/h3-4H,1-2,5-8H2. The van der Waals surface area contributed by atoms with Crippen LogP contribution in [0.25, 0.3) is 0 Å². The second kappa shape index (κ2) is 4.31. The van der Waals surface area contributed by atoms with Crippen LogP contribution in [0.2, 0.25) is 0 Å². The summed E-state index contributed by atoms with van der Waals surface area (Å²) in [6.07, 6.45) is 3.80. The molecule has 61 valence electrons. The van der Waals surface area contributed by atoms with Gasteiger partial charge in [-0.05, 0) is 0 Å². The number of ether oxygens (including phenoxy) is 1. The molecule has 1 radical (unpaired) electrons. The van der Waals surface area contributed by atoms with Crippen molar-refractivity contribution in [2.45, 2.75) is 0 Å². The van der Waals surface area contributed by atoms with Gasteiger partial charge in [0.1, 0.15) is 0 Å². The van der Waals surface area contributed by atoms with Crippen LogP contribution < -0.4 is 0 Å². The van der Waals surface area contributed by atoms with Crippen molar-refractivity contribution >= 4 is 0 Å². The van der Waals surface area contributed by atoms with Crippen molar-refractivity contribution in [2.75, 3.05) is 26.3 Å². The second-order valence-electron chi connectivity index (χ2n) is 2.54. The Morgan fingerprint density at radius 2 is 1.82 bits per heavy atom. The topological polar surface area (TPSA) is 12.5 Å². The van der Waals surface area contributed by atoms with Crippen LogP contribution in [0.15, 0.2) is 25.3 Å². The summed E-state index contributed by atoms with van der Waals surface area (Å²) >= 11 is 0. The highest BCUT2D eigenvalue weighted by atomic mass is 16.5. The summed E-state index contributed by atoms with van der Waals surface area (Å²) in [6.45, 7) is 10.7. The van der Waals surface area contributed by atoms with Gasteiger partial charge in [0.2, 0.25) is 0 Å². The van der Waals surface area contributed by atoms with E-state index in [1.807, 2.05) is 12.2 Å². The van der Waals surface area contributed by atoms with Crippen LogP contribution in [0, 0.1) is 6.04 Å². The van der Waals surface area contributed by atoms with Crippen molar-refractivity contribution < 1.29 is 4.74 Å². The van der Waals surface area contributed by atoms with Crippen LogP contribution in [0.5, 0.6) is 0 Å². The maximum Gasteiger partial charge on any atom is 0.0915 e. The normalized spacial score (nSPS) is 17.9. The average Bonchev–Trinajstić information content (AvgIpc) is 1.85. The summed E-state index contributed by atoms with van der Waals surface area (Å²) < 4.78 is 5.06. The van der Waals surface area contributed by atoms with E-state index >= 15 is 0 Å². The van der Waals surface area contributed by atoms with E-state index in [2.05, 4.69) is 18.1 Å². The molecule has 2 nitrogen and oxygen atoms in total. The molecule has 0 aliphatic carbocycles. The van der Waals surface area contributed by atoms with Crippen LogP contribution >= 0.6 is 0 Å². The first-order valence-electron chi connectivity index (χ1n) is 3.77. The van der Waals surface area contributed by atoms with Gasteiger partial charge in [0.15, 0.2) is 0 Å². The fourth-order valence-electron chi connectivity index (χ4n) is 1.02. The minimum absolute atomic E-state index is 0.779. The summed E-state index contributed by atoms with van der Waals surface area (Å²) in [4.78, 5) is 2.23. The molecule has 0 amide bonds. The molecule has 0 spiro atoms. The first kappa shape index (κ1) is 8.50. The fraction of sp³-hybridized carbons (Fsp3) is 0.444. The molecule has 1 saturated heterocycles. The van der Waals surface area contributed by atoms with E-state index in [9.17, 15) is 0 Å². The summed E-state index contributed by atoms with van der Waals surface area (Å²) in [5.41, 5.74) is 0. The molecule has 0 bridgehead atoms. The third kappa shape index (κ3) is 2.17. The smallest absolute Gasteiger partial charge is 0.0915 e. The first-order valence-corrected chi connectivity index (χ1v) is 3.77.